The maximum absolute atomic E-state index is 12.0. The summed E-state index contributed by atoms with van der Waals surface area (Å²) in [5, 5.41) is 0. The maximum Gasteiger partial charge on any atom is 0.242 e. The molecule has 1 aliphatic rings. The van der Waals surface area contributed by atoms with Crippen molar-refractivity contribution >= 4 is 23.8 Å². The number of carbonyl (C=O) groups is 2. The van der Waals surface area contributed by atoms with Crippen LogP contribution in [0.2, 0.25) is 0 Å². The number of amides is 2. The zero-order valence-corrected chi connectivity index (χ0v) is 13.3. The molecule has 2 heterocycles. The Labute approximate surface area is 133 Å². The highest BCUT2D eigenvalue weighted by Crippen LogP contribution is 2.40. The van der Waals surface area contributed by atoms with Crippen LogP contribution in [0.5, 0.6) is 0 Å². The third-order valence-electron chi connectivity index (χ3n) is 3.90. The highest BCUT2D eigenvalue weighted by Gasteiger charge is 2.28. The lowest BCUT2D eigenvalue weighted by atomic mass is 10.3. The summed E-state index contributed by atoms with van der Waals surface area (Å²) in [5.74, 6) is 0.638. The second kappa shape index (κ2) is 5.96. The summed E-state index contributed by atoms with van der Waals surface area (Å²) in [6.45, 7) is 0.232. The predicted molar refractivity (Wildman–Crippen MR) is 85.0 cm³/mol. The van der Waals surface area contributed by atoms with Gasteiger partial charge >= 0.3 is 0 Å². The van der Waals surface area contributed by atoms with E-state index in [1.54, 1.807) is 14.1 Å². The molecule has 1 aliphatic carbocycles. The third kappa shape index (κ3) is 3.02. The van der Waals surface area contributed by atoms with E-state index in [1.807, 2.05) is 16.8 Å². The molecule has 1 saturated carbocycles. The Morgan fingerprint density at radius 3 is 2.70 bits per heavy atom. The molecule has 0 aliphatic heterocycles. The molecule has 122 valence electrons. The Morgan fingerprint density at radius 2 is 2.13 bits per heavy atom. The first-order chi connectivity index (χ1) is 11.0. The fourth-order valence-corrected chi connectivity index (χ4v) is 2.37. The van der Waals surface area contributed by atoms with Crippen molar-refractivity contribution in [3.8, 4) is 0 Å². The quantitative estimate of drug-likeness (QED) is 0.763. The van der Waals surface area contributed by atoms with Crippen molar-refractivity contribution in [1.82, 2.24) is 19.3 Å². The number of nitrogens with two attached hydrogens (primary N) is 1. The maximum atomic E-state index is 12.0. The van der Waals surface area contributed by atoms with Gasteiger partial charge < -0.3 is 15.0 Å². The van der Waals surface area contributed by atoms with Gasteiger partial charge in [-0.05, 0) is 12.8 Å². The van der Waals surface area contributed by atoms with Gasteiger partial charge in [0.25, 0.3) is 0 Å². The molecule has 3 rings (SSSR count). The van der Waals surface area contributed by atoms with Gasteiger partial charge in [0.1, 0.15) is 6.54 Å². The Kier molecular flexibility index (Phi) is 3.99. The summed E-state index contributed by atoms with van der Waals surface area (Å²) in [6.07, 6.45) is 6.57. The van der Waals surface area contributed by atoms with E-state index in [-0.39, 0.29) is 12.5 Å². The van der Waals surface area contributed by atoms with Gasteiger partial charge in [0.2, 0.25) is 12.3 Å². The molecular weight excluding hydrogens is 296 g/mol. The van der Waals surface area contributed by atoms with Crippen LogP contribution in [-0.4, -0.2) is 52.2 Å². The molecule has 2 amide bonds. The van der Waals surface area contributed by atoms with E-state index in [4.69, 9.17) is 5.73 Å². The van der Waals surface area contributed by atoms with E-state index >= 15 is 0 Å². The molecule has 0 unspecified atom stereocenters. The molecule has 8 heteroatoms. The number of aromatic nitrogens is 3. The number of likely N-dealkylation sites (N-methyl/N-ethyl adjacent to an activating group) is 1. The topological polar surface area (TPSA) is 96.8 Å². The van der Waals surface area contributed by atoms with Crippen molar-refractivity contribution < 1.29 is 9.59 Å². The number of carbonyl (C=O) groups excluding carboxylic acids is 2. The fraction of sp³-hybridized carbons (Fsp3) is 0.467. The first-order valence-corrected chi connectivity index (χ1v) is 7.54. The van der Waals surface area contributed by atoms with Gasteiger partial charge in [-0.1, -0.05) is 0 Å². The van der Waals surface area contributed by atoms with Crippen molar-refractivity contribution in [2.24, 2.45) is 5.73 Å². The van der Waals surface area contributed by atoms with Crippen molar-refractivity contribution in [2.75, 3.05) is 25.5 Å². The Morgan fingerprint density at radius 1 is 1.39 bits per heavy atom. The molecule has 0 atom stereocenters. The minimum Gasteiger partial charge on any atom is -0.347 e. The summed E-state index contributed by atoms with van der Waals surface area (Å²) >= 11 is 0. The predicted octanol–water partition coefficient (Wildman–Crippen LogP) is 0.116. The third-order valence-corrected chi connectivity index (χ3v) is 3.90. The summed E-state index contributed by atoms with van der Waals surface area (Å²) in [4.78, 5) is 35.3. The zero-order chi connectivity index (χ0) is 16.6. The number of hydrogen-bond acceptors (Lipinski definition) is 5. The number of imidazole rings is 1. The first kappa shape index (κ1) is 15.4. The lowest BCUT2D eigenvalue weighted by molar-refractivity contribution is -0.128. The van der Waals surface area contributed by atoms with Crippen molar-refractivity contribution in [2.45, 2.75) is 25.3 Å². The summed E-state index contributed by atoms with van der Waals surface area (Å²) in [7, 11) is 3.30. The Hall–Kier alpha value is -2.48. The number of anilines is 1. The van der Waals surface area contributed by atoms with Crippen LogP contribution in [0, 0.1) is 0 Å². The minimum absolute atomic E-state index is 0.0713. The van der Waals surface area contributed by atoms with Crippen LogP contribution < -0.4 is 10.6 Å². The molecule has 0 spiro atoms. The first-order valence-electron chi connectivity index (χ1n) is 7.54. The molecule has 2 aromatic heterocycles. The average molecular weight is 316 g/mol. The van der Waals surface area contributed by atoms with E-state index in [2.05, 4.69) is 9.97 Å². The van der Waals surface area contributed by atoms with Gasteiger partial charge in [-0.15, -0.1) is 0 Å². The number of fused-ring (bicyclic) bond motifs is 1. The average Bonchev–Trinajstić information content (AvgIpc) is 3.30. The van der Waals surface area contributed by atoms with Crippen LogP contribution in [-0.2, 0) is 16.1 Å². The summed E-state index contributed by atoms with van der Waals surface area (Å²) < 4.78 is 1.84. The van der Waals surface area contributed by atoms with Crippen molar-refractivity contribution in [1.29, 1.82) is 0 Å². The smallest absolute Gasteiger partial charge is 0.242 e. The van der Waals surface area contributed by atoms with Gasteiger partial charge in [0, 0.05) is 39.0 Å². The highest BCUT2D eigenvalue weighted by molar-refractivity contribution is 5.90. The normalized spacial score (nSPS) is 14.0. The fourth-order valence-electron chi connectivity index (χ4n) is 2.37. The van der Waals surface area contributed by atoms with Crippen LogP contribution >= 0.6 is 0 Å². The number of nitrogens with zero attached hydrogens (tertiary/aromatic N) is 5. The highest BCUT2D eigenvalue weighted by atomic mass is 16.2. The van der Waals surface area contributed by atoms with Crippen LogP contribution in [0.3, 0.4) is 0 Å². The SMILES string of the molecule is CN(C)C(=O)CN(C=O)c1nc(C2CC2)cn2cc(CN)nc12. The van der Waals surface area contributed by atoms with Crippen LogP contribution in [0.4, 0.5) is 5.82 Å². The van der Waals surface area contributed by atoms with E-state index in [1.165, 1.54) is 9.80 Å². The largest absolute Gasteiger partial charge is 0.347 e. The molecule has 2 N–H and O–H groups in total. The van der Waals surface area contributed by atoms with Gasteiger partial charge in [0.05, 0.1) is 11.4 Å². The van der Waals surface area contributed by atoms with E-state index in [9.17, 15) is 9.59 Å². The number of hydrogen-bond donors (Lipinski definition) is 1. The molecule has 1 fully saturated rings. The van der Waals surface area contributed by atoms with Gasteiger partial charge in [-0.2, -0.15) is 0 Å². The lowest BCUT2D eigenvalue weighted by Gasteiger charge is -2.19. The zero-order valence-electron chi connectivity index (χ0n) is 13.3. The van der Waals surface area contributed by atoms with E-state index in [0.29, 0.717) is 36.0 Å². The Bertz CT molecular complexity index is 750. The number of rotatable bonds is 6. The standard InChI is InChI=1S/C15H20N6O2/c1-19(2)13(23)8-21(9-22)15-14-17-11(5-16)6-20(14)7-12(18-15)10-3-4-10/h6-7,9-10H,3-5,8,16H2,1-2H3. The van der Waals surface area contributed by atoms with Crippen LogP contribution in [0.15, 0.2) is 12.4 Å². The molecule has 0 radical (unpaired) electrons. The molecular formula is C15H20N6O2. The second-order valence-electron chi connectivity index (χ2n) is 5.95. The molecule has 2 aromatic rings. The van der Waals surface area contributed by atoms with E-state index < -0.39 is 0 Å². The minimum atomic E-state index is -0.181. The van der Waals surface area contributed by atoms with Gasteiger partial charge in [0.15, 0.2) is 11.5 Å². The van der Waals surface area contributed by atoms with E-state index in [0.717, 1.165) is 18.5 Å². The molecule has 0 aromatic carbocycles. The Balaban J connectivity index is 2.06. The van der Waals surface area contributed by atoms with Crippen molar-refractivity contribution in [3.05, 3.63) is 23.8 Å². The van der Waals surface area contributed by atoms with Crippen LogP contribution in [0.25, 0.3) is 5.65 Å². The lowest BCUT2D eigenvalue weighted by Crippen LogP contribution is -2.36. The monoisotopic (exact) mass is 316 g/mol. The van der Waals surface area contributed by atoms with Gasteiger partial charge in [-0.3, -0.25) is 14.5 Å². The summed E-state index contributed by atoms with van der Waals surface area (Å²) in [6, 6.07) is 0. The molecule has 0 bridgehead atoms. The van der Waals surface area contributed by atoms with Crippen LogP contribution in [0.1, 0.15) is 30.1 Å². The molecule has 0 saturated heterocycles. The molecule has 23 heavy (non-hydrogen) atoms. The van der Waals surface area contributed by atoms with Crippen molar-refractivity contribution in [3.63, 3.8) is 0 Å². The second-order valence-corrected chi connectivity index (χ2v) is 5.95. The summed E-state index contributed by atoms with van der Waals surface area (Å²) in [5.41, 5.74) is 7.83. The van der Waals surface area contributed by atoms with Gasteiger partial charge in [-0.25, -0.2) is 9.97 Å². The molecule has 8 nitrogen and oxygen atoms in total.